The molecule has 2 aliphatic rings. The predicted octanol–water partition coefficient (Wildman–Crippen LogP) is 3.30. The fourth-order valence-corrected chi connectivity index (χ4v) is 3.97. The van der Waals surface area contributed by atoms with E-state index in [1.165, 1.54) is 24.2 Å². The molecule has 2 fully saturated rings. The molecule has 0 bridgehead atoms. The fourth-order valence-electron chi connectivity index (χ4n) is 3.06. The van der Waals surface area contributed by atoms with Gasteiger partial charge < -0.3 is 15.5 Å². The Labute approximate surface area is 155 Å². The number of aromatic nitrogens is 2. The minimum atomic E-state index is -0.117. The molecule has 4 rings (SSSR count). The molecule has 1 aliphatic carbocycles. The maximum Gasteiger partial charge on any atom is 0.321 e. The topological polar surface area (TPSA) is 87.2 Å². The molecule has 2 aromatic rings. The van der Waals surface area contributed by atoms with Crippen molar-refractivity contribution >= 4 is 34.1 Å². The van der Waals surface area contributed by atoms with Gasteiger partial charge in [-0.05, 0) is 37.8 Å². The van der Waals surface area contributed by atoms with Crippen LogP contribution in [0.1, 0.15) is 36.6 Å². The number of hydrogen-bond donors (Lipinski definition) is 2. The van der Waals surface area contributed by atoms with E-state index in [9.17, 15) is 9.59 Å². The standard InChI is InChI=1S/C18H21N5O2S/c24-15(20-17-22-21-16(26-17)13-6-7-13)12-8-10-23(11-9-12)18(25)19-14-4-2-1-3-5-14/h1-5,12-13H,6-11H2,(H,19,25)(H,20,22,24). The first kappa shape index (κ1) is 17.0. The summed E-state index contributed by atoms with van der Waals surface area (Å²) in [4.78, 5) is 26.5. The first-order chi connectivity index (χ1) is 12.7. The molecular weight excluding hydrogens is 350 g/mol. The predicted molar refractivity (Wildman–Crippen MR) is 100 cm³/mol. The second-order valence-electron chi connectivity index (χ2n) is 6.77. The van der Waals surface area contributed by atoms with E-state index in [4.69, 9.17) is 0 Å². The SMILES string of the molecule is O=C(Nc1nnc(C2CC2)s1)C1CCN(C(=O)Nc2ccccc2)CC1. The Bertz CT molecular complexity index is 782. The Morgan fingerprint density at radius 2 is 1.73 bits per heavy atom. The number of benzene rings is 1. The maximum atomic E-state index is 12.4. The van der Waals surface area contributed by atoms with E-state index in [2.05, 4.69) is 20.8 Å². The lowest BCUT2D eigenvalue weighted by Crippen LogP contribution is -2.43. The Balaban J connectivity index is 1.25. The molecule has 0 radical (unpaired) electrons. The summed E-state index contributed by atoms with van der Waals surface area (Å²) in [6.45, 7) is 1.14. The average molecular weight is 371 g/mol. The molecule has 0 atom stereocenters. The number of nitrogens with zero attached hydrogens (tertiary/aromatic N) is 3. The van der Waals surface area contributed by atoms with Crippen LogP contribution < -0.4 is 10.6 Å². The van der Waals surface area contributed by atoms with Gasteiger partial charge in [0.1, 0.15) is 5.01 Å². The molecular formula is C18H21N5O2S. The van der Waals surface area contributed by atoms with Gasteiger partial charge in [0, 0.05) is 30.6 Å². The Kier molecular flexibility index (Phi) is 4.83. The van der Waals surface area contributed by atoms with Crippen molar-refractivity contribution in [2.45, 2.75) is 31.6 Å². The normalized spacial score (nSPS) is 17.8. The van der Waals surface area contributed by atoms with E-state index >= 15 is 0 Å². The van der Waals surface area contributed by atoms with Gasteiger partial charge in [-0.25, -0.2) is 4.79 Å². The number of para-hydroxylation sites is 1. The molecule has 0 spiro atoms. The number of likely N-dealkylation sites (tertiary alicyclic amines) is 1. The van der Waals surface area contributed by atoms with Crippen LogP contribution in [0.4, 0.5) is 15.6 Å². The van der Waals surface area contributed by atoms with Crippen LogP contribution in [0, 0.1) is 5.92 Å². The van der Waals surface area contributed by atoms with Crippen molar-refractivity contribution in [3.05, 3.63) is 35.3 Å². The van der Waals surface area contributed by atoms with Crippen molar-refractivity contribution in [1.82, 2.24) is 15.1 Å². The fraction of sp³-hybridized carbons (Fsp3) is 0.444. The lowest BCUT2D eigenvalue weighted by Gasteiger charge is -2.31. The van der Waals surface area contributed by atoms with Crippen molar-refractivity contribution in [3.8, 4) is 0 Å². The lowest BCUT2D eigenvalue weighted by molar-refractivity contribution is -0.121. The van der Waals surface area contributed by atoms with Crippen molar-refractivity contribution in [2.75, 3.05) is 23.7 Å². The number of anilines is 2. The van der Waals surface area contributed by atoms with Crippen LogP contribution in [0.2, 0.25) is 0 Å². The van der Waals surface area contributed by atoms with Crippen LogP contribution in [0.5, 0.6) is 0 Å². The van der Waals surface area contributed by atoms with E-state index in [0.717, 1.165) is 10.7 Å². The van der Waals surface area contributed by atoms with Crippen LogP contribution in [0.15, 0.2) is 30.3 Å². The van der Waals surface area contributed by atoms with Crippen LogP contribution in [0.25, 0.3) is 0 Å². The van der Waals surface area contributed by atoms with E-state index in [0.29, 0.717) is 37.0 Å². The largest absolute Gasteiger partial charge is 0.324 e. The number of amides is 3. The zero-order chi connectivity index (χ0) is 17.9. The quantitative estimate of drug-likeness (QED) is 0.863. The van der Waals surface area contributed by atoms with Crippen LogP contribution in [-0.2, 0) is 4.79 Å². The second kappa shape index (κ2) is 7.41. The van der Waals surface area contributed by atoms with Gasteiger partial charge in [-0.15, -0.1) is 10.2 Å². The van der Waals surface area contributed by atoms with Gasteiger partial charge in [-0.2, -0.15) is 0 Å². The summed E-state index contributed by atoms with van der Waals surface area (Å²) >= 11 is 1.47. The highest BCUT2D eigenvalue weighted by molar-refractivity contribution is 7.15. The van der Waals surface area contributed by atoms with Gasteiger partial charge in [0.25, 0.3) is 0 Å². The third-order valence-corrected chi connectivity index (χ3v) is 5.78. The zero-order valence-corrected chi connectivity index (χ0v) is 15.2. The number of nitrogens with one attached hydrogen (secondary N) is 2. The number of piperidine rings is 1. The third-order valence-electron chi connectivity index (χ3n) is 4.78. The summed E-state index contributed by atoms with van der Waals surface area (Å²) in [5, 5.41) is 15.6. The summed E-state index contributed by atoms with van der Waals surface area (Å²) < 4.78 is 0. The average Bonchev–Trinajstić information content (AvgIpc) is 3.42. The van der Waals surface area contributed by atoms with E-state index in [-0.39, 0.29) is 17.9 Å². The lowest BCUT2D eigenvalue weighted by atomic mass is 9.96. The van der Waals surface area contributed by atoms with Crippen molar-refractivity contribution in [2.24, 2.45) is 5.92 Å². The van der Waals surface area contributed by atoms with E-state index < -0.39 is 0 Å². The summed E-state index contributed by atoms with van der Waals surface area (Å²) in [7, 11) is 0. The Morgan fingerprint density at radius 1 is 1.00 bits per heavy atom. The molecule has 1 saturated heterocycles. The highest BCUT2D eigenvalue weighted by atomic mass is 32.1. The van der Waals surface area contributed by atoms with E-state index in [1.807, 2.05) is 30.3 Å². The summed E-state index contributed by atoms with van der Waals surface area (Å²) in [6, 6.07) is 9.27. The van der Waals surface area contributed by atoms with Crippen molar-refractivity contribution in [1.29, 1.82) is 0 Å². The van der Waals surface area contributed by atoms with Gasteiger partial charge in [0.2, 0.25) is 11.0 Å². The zero-order valence-electron chi connectivity index (χ0n) is 14.4. The molecule has 2 N–H and O–H groups in total. The molecule has 7 nitrogen and oxygen atoms in total. The molecule has 1 aromatic carbocycles. The van der Waals surface area contributed by atoms with Gasteiger partial charge in [0.15, 0.2) is 0 Å². The molecule has 8 heteroatoms. The maximum absolute atomic E-state index is 12.4. The number of urea groups is 1. The molecule has 1 aromatic heterocycles. The highest BCUT2D eigenvalue weighted by Crippen LogP contribution is 2.42. The highest BCUT2D eigenvalue weighted by Gasteiger charge is 2.30. The molecule has 1 saturated carbocycles. The number of carbonyl (C=O) groups excluding carboxylic acids is 2. The smallest absolute Gasteiger partial charge is 0.321 e. The van der Waals surface area contributed by atoms with Gasteiger partial charge in [-0.3, -0.25) is 4.79 Å². The van der Waals surface area contributed by atoms with Gasteiger partial charge in [0.05, 0.1) is 0 Å². The Morgan fingerprint density at radius 3 is 2.42 bits per heavy atom. The van der Waals surface area contributed by atoms with Gasteiger partial charge in [-0.1, -0.05) is 29.5 Å². The first-order valence-corrected chi connectivity index (χ1v) is 9.76. The summed E-state index contributed by atoms with van der Waals surface area (Å²) in [5.41, 5.74) is 0.778. The summed E-state index contributed by atoms with van der Waals surface area (Å²) in [5.74, 6) is 0.431. The third kappa shape index (κ3) is 4.01. The summed E-state index contributed by atoms with van der Waals surface area (Å²) in [6.07, 6.45) is 3.66. The minimum Gasteiger partial charge on any atom is -0.324 e. The van der Waals surface area contributed by atoms with Gasteiger partial charge >= 0.3 is 6.03 Å². The molecule has 0 unspecified atom stereocenters. The first-order valence-electron chi connectivity index (χ1n) is 8.94. The molecule has 136 valence electrons. The van der Waals surface area contributed by atoms with Crippen LogP contribution in [0.3, 0.4) is 0 Å². The molecule has 3 amide bonds. The van der Waals surface area contributed by atoms with Crippen molar-refractivity contribution in [3.63, 3.8) is 0 Å². The molecule has 26 heavy (non-hydrogen) atoms. The monoisotopic (exact) mass is 371 g/mol. The number of rotatable bonds is 4. The van der Waals surface area contributed by atoms with Crippen LogP contribution >= 0.6 is 11.3 Å². The Hall–Kier alpha value is -2.48. The number of hydrogen-bond acceptors (Lipinski definition) is 5. The minimum absolute atomic E-state index is 0.0217. The molecule has 1 aliphatic heterocycles. The number of carbonyl (C=O) groups is 2. The molecule has 2 heterocycles. The van der Waals surface area contributed by atoms with E-state index in [1.54, 1.807) is 4.90 Å². The second-order valence-corrected chi connectivity index (χ2v) is 7.78. The van der Waals surface area contributed by atoms with Crippen LogP contribution in [-0.4, -0.2) is 40.1 Å². The van der Waals surface area contributed by atoms with Crippen molar-refractivity contribution < 1.29 is 9.59 Å².